The summed E-state index contributed by atoms with van der Waals surface area (Å²) in [6.07, 6.45) is 4.38. The molecule has 4 rings (SSSR count). The molecular weight excluding hydrogens is 468 g/mol. The van der Waals surface area contributed by atoms with Crippen LogP contribution in [0.3, 0.4) is 0 Å². The Balaban J connectivity index is 1.24. The first-order valence-electron chi connectivity index (χ1n) is 12.1. The number of hydrogen-bond acceptors (Lipinski definition) is 8. The van der Waals surface area contributed by atoms with Gasteiger partial charge in [0, 0.05) is 34.7 Å². The third-order valence-electron chi connectivity index (χ3n) is 5.91. The number of nitrogens with zero attached hydrogens (tertiary/aromatic N) is 10. The van der Waals surface area contributed by atoms with Crippen LogP contribution in [0, 0.1) is 13.8 Å². The van der Waals surface area contributed by atoms with E-state index in [9.17, 15) is 0 Å². The van der Waals surface area contributed by atoms with Gasteiger partial charge in [-0.05, 0) is 78.0 Å². The molecule has 0 saturated carbocycles. The van der Waals surface area contributed by atoms with Crippen LogP contribution >= 0.6 is 0 Å². The van der Waals surface area contributed by atoms with Gasteiger partial charge in [0.05, 0.1) is 28.2 Å². The maximum absolute atomic E-state index is 4.39. The standard InChI is InChI=1S/C25H32N12/c1-18-14-20(8-10-22(18)30-32-24-34(3)16-28-36(24)5)26-12-7-13-27-21-9-11-23(19(2)15-21)31-33-25-35(4)17-29-37(25)6/h8-11,14-17H,7,12-13H2,1-6H3/p+2. The number of benzene rings is 2. The van der Waals surface area contributed by atoms with Gasteiger partial charge in [0.1, 0.15) is 11.4 Å². The van der Waals surface area contributed by atoms with Crippen molar-refractivity contribution in [2.24, 2.45) is 48.6 Å². The minimum atomic E-state index is 0.683. The Morgan fingerprint density at radius 3 is 1.49 bits per heavy atom. The molecule has 0 radical (unpaired) electrons. The molecule has 2 heterocycles. The summed E-state index contributed by atoms with van der Waals surface area (Å²) in [7, 11) is 7.47. The van der Waals surface area contributed by atoms with Crippen LogP contribution in [0.25, 0.3) is 0 Å². The van der Waals surface area contributed by atoms with Crippen molar-refractivity contribution < 1.29 is 9.13 Å². The largest absolute Gasteiger partial charge is 0.403 e. The molecule has 37 heavy (non-hydrogen) atoms. The van der Waals surface area contributed by atoms with Crippen LogP contribution in [0.4, 0.5) is 34.6 Å². The number of azo groups is 2. The van der Waals surface area contributed by atoms with Crippen molar-refractivity contribution in [3.63, 3.8) is 0 Å². The molecule has 2 aromatic heterocycles. The van der Waals surface area contributed by atoms with Crippen LogP contribution in [0.1, 0.15) is 17.5 Å². The number of hydrogen-bond donors (Lipinski definition) is 2. The molecular formula is C25H34N12+2. The quantitative estimate of drug-likeness (QED) is 0.192. The maximum atomic E-state index is 4.39. The zero-order chi connectivity index (χ0) is 26.4. The third kappa shape index (κ3) is 6.40. The summed E-state index contributed by atoms with van der Waals surface area (Å²) in [5.74, 6) is 1.37. The van der Waals surface area contributed by atoms with Crippen LogP contribution in [-0.4, -0.2) is 32.7 Å². The van der Waals surface area contributed by atoms with Gasteiger partial charge in [-0.3, -0.25) is 0 Å². The van der Waals surface area contributed by atoms with Gasteiger partial charge in [0.15, 0.2) is 0 Å². The first kappa shape index (κ1) is 25.6. The summed E-state index contributed by atoms with van der Waals surface area (Å²) in [5.41, 5.74) is 5.91. The Kier molecular flexibility index (Phi) is 7.96. The van der Waals surface area contributed by atoms with E-state index in [4.69, 9.17) is 0 Å². The first-order valence-corrected chi connectivity index (χ1v) is 12.1. The van der Waals surface area contributed by atoms with Crippen LogP contribution in [0.5, 0.6) is 0 Å². The van der Waals surface area contributed by atoms with Crippen molar-refractivity contribution in [3.05, 3.63) is 60.2 Å². The molecule has 0 fully saturated rings. The zero-order valence-electron chi connectivity index (χ0n) is 22.2. The highest BCUT2D eigenvalue weighted by Crippen LogP contribution is 2.25. The van der Waals surface area contributed by atoms with E-state index < -0.39 is 0 Å². The van der Waals surface area contributed by atoms with E-state index in [0.717, 1.165) is 53.4 Å². The molecule has 0 aliphatic heterocycles. The van der Waals surface area contributed by atoms with E-state index in [1.807, 2.05) is 75.4 Å². The van der Waals surface area contributed by atoms with E-state index in [1.165, 1.54) is 0 Å². The van der Waals surface area contributed by atoms with Gasteiger partial charge < -0.3 is 10.6 Å². The first-order chi connectivity index (χ1) is 17.8. The fraction of sp³-hybridized carbons (Fsp3) is 0.360. The highest BCUT2D eigenvalue weighted by molar-refractivity contribution is 5.57. The molecule has 12 heteroatoms. The SMILES string of the molecule is Cc1cc(NCCCNc2ccc(N=Nc3n(C)nc[n+]3C)c(C)c2)ccc1N=Nc1n(C)nc[n+]1C. The smallest absolute Gasteiger partial charge is 0.385 e. The molecule has 12 nitrogen and oxygen atoms in total. The molecule has 0 spiro atoms. The van der Waals surface area contributed by atoms with E-state index in [0.29, 0.717) is 11.9 Å². The predicted octanol–water partition coefficient (Wildman–Crippen LogP) is 4.16. The van der Waals surface area contributed by atoms with E-state index in [-0.39, 0.29) is 0 Å². The molecule has 192 valence electrons. The third-order valence-corrected chi connectivity index (χ3v) is 5.91. The molecule has 0 aliphatic rings. The van der Waals surface area contributed by atoms with Crippen molar-refractivity contribution in [2.75, 3.05) is 23.7 Å². The lowest BCUT2D eigenvalue weighted by Gasteiger charge is -2.10. The Morgan fingerprint density at radius 1 is 0.703 bits per heavy atom. The van der Waals surface area contributed by atoms with Crippen molar-refractivity contribution in [2.45, 2.75) is 20.3 Å². The summed E-state index contributed by atoms with van der Waals surface area (Å²) < 4.78 is 7.03. The highest BCUT2D eigenvalue weighted by atomic mass is 15.4. The van der Waals surface area contributed by atoms with Crippen LogP contribution in [-0.2, 0) is 28.2 Å². The van der Waals surface area contributed by atoms with Crippen molar-refractivity contribution in [3.8, 4) is 0 Å². The van der Waals surface area contributed by atoms with Crippen molar-refractivity contribution in [1.29, 1.82) is 0 Å². The van der Waals surface area contributed by atoms with Crippen LogP contribution < -0.4 is 19.8 Å². The number of aromatic nitrogens is 6. The monoisotopic (exact) mass is 502 g/mol. The van der Waals surface area contributed by atoms with E-state index in [1.54, 1.807) is 22.0 Å². The van der Waals surface area contributed by atoms with Gasteiger partial charge in [0.25, 0.3) is 0 Å². The predicted molar refractivity (Wildman–Crippen MR) is 141 cm³/mol. The lowest BCUT2D eigenvalue weighted by Crippen LogP contribution is -2.25. The highest BCUT2D eigenvalue weighted by Gasteiger charge is 2.13. The van der Waals surface area contributed by atoms with Gasteiger partial charge in [0.2, 0.25) is 12.7 Å². The van der Waals surface area contributed by atoms with E-state index >= 15 is 0 Å². The lowest BCUT2D eigenvalue weighted by molar-refractivity contribution is -0.659. The fourth-order valence-corrected chi connectivity index (χ4v) is 3.75. The normalized spacial score (nSPS) is 11.6. The summed E-state index contributed by atoms with van der Waals surface area (Å²) in [4.78, 5) is 0. The second-order valence-electron chi connectivity index (χ2n) is 8.94. The van der Waals surface area contributed by atoms with Crippen LogP contribution in [0.2, 0.25) is 0 Å². The molecule has 0 saturated heterocycles. The summed E-state index contributed by atoms with van der Waals surface area (Å²) in [5, 5.41) is 32.7. The molecule has 4 aromatic rings. The Bertz CT molecular complexity index is 1280. The van der Waals surface area contributed by atoms with Gasteiger partial charge in [-0.1, -0.05) is 10.2 Å². The minimum absolute atomic E-state index is 0.683. The molecule has 0 bridgehead atoms. The summed E-state index contributed by atoms with van der Waals surface area (Å²) >= 11 is 0. The maximum Gasteiger partial charge on any atom is 0.403 e. The number of rotatable bonds is 10. The van der Waals surface area contributed by atoms with E-state index in [2.05, 4.69) is 53.4 Å². The second-order valence-corrected chi connectivity index (χ2v) is 8.94. The van der Waals surface area contributed by atoms with Gasteiger partial charge >= 0.3 is 11.9 Å². The van der Waals surface area contributed by atoms with Gasteiger partial charge in [-0.2, -0.15) is 0 Å². The number of nitrogens with one attached hydrogen (secondary N) is 2. The average molecular weight is 503 g/mol. The van der Waals surface area contributed by atoms with Crippen LogP contribution in [0.15, 0.2) is 69.5 Å². The number of aryl methyl sites for hydroxylation is 6. The molecule has 0 unspecified atom stereocenters. The zero-order valence-corrected chi connectivity index (χ0v) is 22.2. The second kappa shape index (κ2) is 11.5. The Morgan fingerprint density at radius 2 is 1.14 bits per heavy atom. The summed E-state index contributed by atoms with van der Waals surface area (Å²) in [6, 6.07) is 12.2. The molecule has 2 N–H and O–H groups in total. The Labute approximate surface area is 216 Å². The molecule has 2 aromatic carbocycles. The summed E-state index contributed by atoms with van der Waals surface area (Å²) in [6.45, 7) is 5.77. The molecule has 0 aliphatic carbocycles. The van der Waals surface area contributed by atoms with Crippen molar-refractivity contribution in [1.82, 2.24) is 19.6 Å². The Hall–Kier alpha value is -4.48. The van der Waals surface area contributed by atoms with Gasteiger partial charge in [-0.25, -0.2) is 9.13 Å². The minimum Gasteiger partial charge on any atom is -0.385 e. The number of anilines is 2. The van der Waals surface area contributed by atoms with Gasteiger partial charge in [-0.15, -0.1) is 9.36 Å². The molecule has 0 amide bonds. The van der Waals surface area contributed by atoms with Crippen molar-refractivity contribution >= 4 is 34.6 Å². The average Bonchev–Trinajstić information content (AvgIpc) is 3.37. The lowest BCUT2D eigenvalue weighted by atomic mass is 10.2. The fourth-order valence-electron chi connectivity index (χ4n) is 3.75. The topological polar surface area (TPSA) is 117 Å². The molecule has 0 atom stereocenters.